The average molecular weight is 315 g/mol. The van der Waals surface area contributed by atoms with Crippen LogP contribution in [0.1, 0.15) is 53.5 Å². The van der Waals surface area contributed by atoms with Crippen LogP contribution in [0.25, 0.3) is 0 Å². The van der Waals surface area contributed by atoms with Crippen LogP contribution in [0.3, 0.4) is 0 Å². The SMILES string of the molecule is Cc1n[nH]c(C)c1C(=O)NC1CCC(n2ncccc2=O)CC1. The third kappa shape index (κ3) is 3.18. The maximum Gasteiger partial charge on any atom is 0.266 e. The monoisotopic (exact) mass is 315 g/mol. The van der Waals surface area contributed by atoms with E-state index in [4.69, 9.17) is 0 Å². The van der Waals surface area contributed by atoms with E-state index >= 15 is 0 Å². The Balaban J connectivity index is 1.61. The van der Waals surface area contributed by atoms with Crippen molar-refractivity contribution in [1.82, 2.24) is 25.3 Å². The molecule has 2 aromatic rings. The van der Waals surface area contributed by atoms with Crippen molar-refractivity contribution in [2.24, 2.45) is 0 Å². The number of aryl methyl sites for hydroxylation is 2. The van der Waals surface area contributed by atoms with Gasteiger partial charge >= 0.3 is 0 Å². The fourth-order valence-electron chi connectivity index (χ4n) is 3.25. The number of nitrogens with one attached hydrogen (secondary N) is 2. The summed E-state index contributed by atoms with van der Waals surface area (Å²) in [6.07, 6.45) is 5.00. The summed E-state index contributed by atoms with van der Waals surface area (Å²) in [5, 5.41) is 14.1. The number of rotatable bonds is 3. The highest BCUT2D eigenvalue weighted by molar-refractivity contribution is 5.96. The van der Waals surface area contributed by atoms with Gasteiger partial charge in [-0.15, -0.1) is 0 Å². The Labute approximate surface area is 134 Å². The zero-order valence-corrected chi connectivity index (χ0v) is 13.4. The van der Waals surface area contributed by atoms with Crippen LogP contribution >= 0.6 is 0 Å². The van der Waals surface area contributed by atoms with Gasteiger partial charge in [-0.3, -0.25) is 14.7 Å². The van der Waals surface area contributed by atoms with E-state index in [-0.39, 0.29) is 23.6 Å². The number of carbonyl (C=O) groups is 1. The molecule has 0 bridgehead atoms. The van der Waals surface area contributed by atoms with Gasteiger partial charge in [0.25, 0.3) is 11.5 Å². The summed E-state index contributed by atoms with van der Waals surface area (Å²) in [4.78, 5) is 24.2. The lowest BCUT2D eigenvalue weighted by Crippen LogP contribution is -2.39. The largest absolute Gasteiger partial charge is 0.349 e. The number of carbonyl (C=O) groups excluding carboxylic acids is 1. The van der Waals surface area contributed by atoms with E-state index in [1.807, 2.05) is 13.8 Å². The first-order valence-electron chi connectivity index (χ1n) is 7.92. The summed E-state index contributed by atoms with van der Waals surface area (Å²) in [6.45, 7) is 3.67. The lowest BCUT2D eigenvalue weighted by molar-refractivity contribution is 0.0920. The summed E-state index contributed by atoms with van der Waals surface area (Å²) < 4.78 is 1.56. The molecule has 1 aliphatic carbocycles. The van der Waals surface area contributed by atoms with E-state index in [2.05, 4.69) is 20.6 Å². The molecule has 0 aromatic carbocycles. The molecular formula is C16H21N5O2. The summed E-state index contributed by atoms with van der Waals surface area (Å²) in [7, 11) is 0. The first-order valence-corrected chi connectivity index (χ1v) is 7.92. The van der Waals surface area contributed by atoms with Crippen molar-refractivity contribution in [1.29, 1.82) is 0 Å². The Morgan fingerprint density at radius 3 is 2.65 bits per heavy atom. The summed E-state index contributed by atoms with van der Waals surface area (Å²) in [6, 6.07) is 3.44. The van der Waals surface area contributed by atoms with Gasteiger partial charge in [0.1, 0.15) is 0 Å². The third-order valence-electron chi connectivity index (χ3n) is 4.47. The van der Waals surface area contributed by atoms with Crippen LogP contribution in [0.15, 0.2) is 23.1 Å². The van der Waals surface area contributed by atoms with Gasteiger partial charge in [-0.1, -0.05) is 0 Å². The Morgan fingerprint density at radius 2 is 2.04 bits per heavy atom. The zero-order chi connectivity index (χ0) is 16.4. The van der Waals surface area contributed by atoms with Gasteiger partial charge < -0.3 is 5.32 Å². The minimum atomic E-state index is -0.0767. The minimum absolute atomic E-state index is 0.0652. The van der Waals surface area contributed by atoms with Gasteiger partial charge in [0.05, 0.1) is 17.3 Å². The number of hydrogen-bond acceptors (Lipinski definition) is 4. The van der Waals surface area contributed by atoms with Crippen molar-refractivity contribution in [3.05, 3.63) is 45.6 Å². The van der Waals surface area contributed by atoms with E-state index < -0.39 is 0 Å². The lowest BCUT2D eigenvalue weighted by Gasteiger charge is -2.29. The second-order valence-corrected chi connectivity index (χ2v) is 6.09. The molecule has 23 heavy (non-hydrogen) atoms. The average Bonchev–Trinajstić information content (AvgIpc) is 2.88. The van der Waals surface area contributed by atoms with Crippen molar-refractivity contribution >= 4 is 5.91 Å². The number of amides is 1. The highest BCUT2D eigenvalue weighted by Gasteiger charge is 2.26. The molecule has 1 saturated carbocycles. The molecule has 0 saturated heterocycles. The molecule has 122 valence electrons. The minimum Gasteiger partial charge on any atom is -0.349 e. The predicted molar refractivity (Wildman–Crippen MR) is 85.3 cm³/mol. The Hall–Kier alpha value is -2.44. The standard InChI is InChI=1S/C16H21N5O2/c1-10-15(11(2)20-19-10)16(23)18-12-5-7-13(8-6-12)21-14(22)4-3-9-17-21/h3-4,9,12-13H,5-8H2,1-2H3,(H,18,23)(H,19,20). The molecule has 0 atom stereocenters. The topological polar surface area (TPSA) is 92.7 Å². The summed E-state index contributed by atoms with van der Waals surface area (Å²) >= 11 is 0. The van der Waals surface area contributed by atoms with Crippen molar-refractivity contribution < 1.29 is 4.79 Å². The first-order chi connectivity index (χ1) is 11.1. The van der Waals surface area contributed by atoms with Gasteiger partial charge in [0.2, 0.25) is 0 Å². The van der Waals surface area contributed by atoms with Crippen molar-refractivity contribution in [3.8, 4) is 0 Å². The van der Waals surface area contributed by atoms with Gasteiger partial charge in [0, 0.05) is 24.0 Å². The highest BCUT2D eigenvalue weighted by atomic mass is 16.2. The van der Waals surface area contributed by atoms with Crippen molar-refractivity contribution in [2.45, 2.75) is 51.6 Å². The molecule has 0 radical (unpaired) electrons. The number of nitrogens with zero attached hydrogens (tertiary/aromatic N) is 3. The van der Waals surface area contributed by atoms with Crippen LogP contribution in [-0.4, -0.2) is 31.9 Å². The number of aromatic nitrogens is 4. The molecular weight excluding hydrogens is 294 g/mol. The van der Waals surface area contributed by atoms with Crippen LogP contribution in [0.4, 0.5) is 0 Å². The maximum atomic E-state index is 12.4. The quantitative estimate of drug-likeness (QED) is 0.897. The van der Waals surface area contributed by atoms with E-state index in [0.29, 0.717) is 11.3 Å². The molecule has 2 aromatic heterocycles. The molecule has 0 unspecified atom stereocenters. The molecule has 3 rings (SSSR count). The normalized spacial score (nSPS) is 21.1. The number of aromatic amines is 1. The summed E-state index contributed by atoms with van der Waals surface area (Å²) in [5.41, 5.74) is 2.07. The van der Waals surface area contributed by atoms with Crippen LogP contribution in [0.5, 0.6) is 0 Å². The van der Waals surface area contributed by atoms with E-state index in [1.54, 1.807) is 16.9 Å². The van der Waals surface area contributed by atoms with Crippen LogP contribution in [-0.2, 0) is 0 Å². The molecule has 1 fully saturated rings. The smallest absolute Gasteiger partial charge is 0.266 e. The number of H-pyrrole nitrogens is 1. The molecule has 2 N–H and O–H groups in total. The second kappa shape index (κ2) is 6.36. The lowest BCUT2D eigenvalue weighted by atomic mass is 9.91. The van der Waals surface area contributed by atoms with E-state index in [1.165, 1.54) is 6.07 Å². The van der Waals surface area contributed by atoms with Crippen LogP contribution in [0, 0.1) is 13.8 Å². The van der Waals surface area contributed by atoms with E-state index in [9.17, 15) is 9.59 Å². The summed E-state index contributed by atoms with van der Waals surface area (Å²) in [5.74, 6) is -0.0767. The van der Waals surface area contributed by atoms with Gasteiger partial charge in [-0.25, -0.2) is 4.68 Å². The molecule has 7 heteroatoms. The second-order valence-electron chi connectivity index (χ2n) is 6.09. The van der Waals surface area contributed by atoms with Gasteiger partial charge in [0.15, 0.2) is 0 Å². The molecule has 7 nitrogen and oxygen atoms in total. The Bertz CT molecular complexity index is 736. The molecule has 1 amide bonds. The predicted octanol–water partition coefficient (Wildman–Crippen LogP) is 1.50. The van der Waals surface area contributed by atoms with Gasteiger partial charge in [-0.2, -0.15) is 10.2 Å². The zero-order valence-electron chi connectivity index (χ0n) is 13.4. The fraction of sp³-hybridized carbons (Fsp3) is 0.500. The molecule has 0 aliphatic heterocycles. The molecule has 0 spiro atoms. The number of hydrogen-bond donors (Lipinski definition) is 2. The Morgan fingerprint density at radius 1 is 1.30 bits per heavy atom. The fourth-order valence-corrected chi connectivity index (χ4v) is 3.25. The highest BCUT2D eigenvalue weighted by Crippen LogP contribution is 2.27. The van der Waals surface area contributed by atoms with Crippen molar-refractivity contribution in [3.63, 3.8) is 0 Å². The van der Waals surface area contributed by atoms with Crippen molar-refractivity contribution in [2.75, 3.05) is 0 Å². The van der Waals surface area contributed by atoms with Crippen LogP contribution in [0.2, 0.25) is 0 Å². The Kier molecular flexibility index (Phi) is 4.27. The maximum absolute atomic E-state index is 12.4. The third-order valence-corrected chi connectivity index (χ3v) is 4.47. The van der Waals surface area contributed by atoms with Gasteiger partial charge in [-0.05, 0) is 45.6 Å². The van der Waals surface area contributed by atoms with Crippen LogP contribution < -0.4 is 10.9 Å². The van der Waals surface area contributed by atoms with E-state index in [0.717, 1.165) is 31.4 Å². The first kappa shape index (κ1) is 15.5. The molecule has 1 aliphatic rings. The molecule has 2 heterocycles.